The Morgan fingerprint density at radius 3 is 2.00 bits per heavy atom. The molecule has 0 bridgehead atoms. The minimum absolute atomic E-state index is 1.03. The molecule has 0 spiro atoms. The number of hydrogen-bond donors (Lipinski definition) is 0. The first kappa shape index (κ1) is 8.79. The van der Waals surface area contributed by atoms with Gasteiger partial charge in [-0.2, -0.15) is 0 Å². The molecule has 1 heterocycles. The van der Waals surface area contributed by atoms with Crippen molar-refractivity contribution in [3.05, 3.63) is 27.9 Å². The Morgan fingerprint density at radius 2 is 1.54 bits per heavy atom. The fraction of sp³-hybridized carbons (Fsp3) is 0.300. The molecule has 2 rings (SSSR count). The van der Waals surface area contributed by atoms with Gasteiger partial charge in [-0.3, -0.25) is 0 Å². The molecule has 0 aromatic carbocycles. The average molecular weight is 239 g/mol. The van der Waals surface area contributed by atoms with E-state index in [9.17, 15) is 0 Å². The molecule has 1 aliphatic rings. The summed E-state index contributed by atoms with van der Waals surface area (Å²) in [5.74, 6) is 0. The Kier molecular flexibility index (Phi) is 2.14. The Balaban J connectivity index is 2.81. The molecular formula is C10H12N2Se. The Hall–Kier alpha value is -0.791. The first-order valence-corrected chi connectivity index (χ1v) is 5.16. The van der Waals surface area contributed by atoms with E-state index < -0.39 is 0 Å². The van der Waals surface area contributed by atoms with Gasteiger partial charge in [-0.15, -0.1) is 0 Å². The van der Waals surface area contributed by atoms with E-state index in [0.717, 1.165) is 10.7 Å². The number of nitrogens with zero attached hydrogens (tertiary/aromatic N) is 2. The van der Waals surface area contributed by atoms with Crippen LogP contribution in [0.15, 0.2) is 12.2 Å². The van der Waals surface area contributed by atoms with Crippen molar-refractivity contribution in [2.45, 2.75) is 6.42 Å². The Labute approximate surface area is 85.5 Å². The second-order valence-electron chi connectivity index (χ2n) is 3.21. The van der Waals surface area contributed by atoms with Gasteiger partial charge in [0.2, 0.25) is 0 Å². The van der Waals surface area contributed by atoms with Crippen LogP contribution < -0.4 is 0 Å². The third-order valence-corrected chi connectivity index (χ3v) is 3.53. The second-order valence-corrected chi connectivity index (χ2v) is 3.98. The van der Waals surface area contributed by atoms with Crippen LogP contribution in [0, 0.1) is 4.32 Å². The van der Waals surface area contributed by atoms with Crippen LogP contribution in [0.2, 0.25) is 0 Å². The van der Waals surface area contributed by atoms with E-state index in [1.807, 2.05) is 0 Å². The predicted molar refractivity (Wildman–Crippen MR) is 56.1 cm³/mol. The second kappa shape index (κ2) is 3.17. The van der Waals surface area contributed by atoms with E-state index in [0.29, 0.717) is 0 Å². The number of imidazole rings is 1. The van der Waals surface area contributed by atoms with Crippen LogP contribution in [-0.2, 0) is 14.1 Å². The number of aromatic nitrogens is 2. The van der Waals surface area contributed by atoms with Crippen molar-refractivity contribution in [3.63, 3.8) is 0 Å². The molecule has 0 atom stereocenters. The molecule has 0 amide bonds. The predicted octanol–water partition coefficient (Wildman–Crippen LogP) is 1.49. The molecule has 2 nitrogen and oxygen atoms in total. The molecule has 0 N–H and O–H groups in total. The zero-order chi connectivity index (χ0) is 9.42. The number of allylic oxidation sites excluding steroid dienone is 2. The van der Waals surface area contributed by atoms with Crippen LogP contribution in [0.4, 0.5) is 0 Å². The normalized spacial score (nSPS) is 14.3. The first-order chi connectivity index (χ1) is 6.22. The van der Waals surface area contributed by atoms with Gasteiger partial charge in [0.1, 0.15) is 0 Å². The molecule has 0 aliphatic heterocycles. The monoisotopic (exact) mass is 240 g/mol. The maximum atomic E-state index is 3.07. The summed E-state index contributed by atoms with van der Waals surface area (Å²) in [7, 11) is 4.16. The van der Waals surface area contributed by atoms with Gasteiger partial charge < -0.3 is 0 Å². The SMILES string of the molecule is Cn1c2c(n(C)c1=[Se])C=CCC=C2. The first-order valence-electron chi connectivity index (χ1n) is 4.30. The van der Waals surface area contributed by atoms with Crippen molar-refractivity contribution in [1.82, 2.24) is 9.13 Å². The van der Waals surface area contributed by atoms with Crippen LogP contribution >= 0.6 is 0 Å². The standard InChI is InChI=1S/C10H12N2Se/c1-11-8-6-4-3-5-7-9(8)12(2)10(11)13/h4-7H,3H2,1-2H3. The Bertz CT molecular complexity index is 408. The summed E-state index contributed by atoms with van der Waals surface area (Å²) in [5.41, 5.74) is 2.54. The molecule has 68 valence electrons. The van der Waals surface area contributed by atoms with Crippen molar-refractivity contribution < 1.29 is 0 Å². The molecule has 0 fully saturated rings. The van der Waals surface area contributed by atoms with Crippen LogP contribution in [0.25, 0.3) is 12.2 Å². The molecule has 3 heteroatoms. The van der Waals surface area contributed by atoms with Gasteiger partial charge >= 0.3 is 85.2 Å². The van der Waals surface area contributed by atoms with Gasteiger partial charge in [-0.25, -0.2) is 0 Å². The quantitative estimate of drug-likeness (QED) is 0.607. The fourth-order valence-electron chi connectivity index (χ4n) is 1.61. The molecule has 0 unspecified atom stereocenters. The van der Waals surface area contributed by atoms with E-state index in [1.165, 1.54) is 11.4 Å². The summed E-state index contributed by atoms with van der Waals surface area (Å²) in [6, 6.07) is 0. The van der Waals surface area contributed by atoms with Crippen LogP contribution in [0.3, 0.4) is 0 Å². The summed E-state index contributed by atoms with van der Waals surface area (Å²) >= 11 is 3.07. The molecule has 13 heavy (non-hydrogen) atoms. The van der Waals surface area contributed by atoms with E-state index in [1.54, 1.807) is 0 Å². The molecule has 0 saturated carbocycles. The number of hydrogen-bond acceptors (Lipinski definition) is 0. The van der Waals surface area contributed by atoms with Crippen LogP contribution in [0.5, 0.6) is 0 Å². The van der Waals surface area contributed by atoms with E-state index in [2.05, 4.69) is 63.1 Å². The third-order valence-electron chi connectivity index (χ3n) is 2.38. The van der Waals surface area contributed by atoms with Gasteiger partial charge in [0.15, 0.2) is 0 Å². The summed E-state index contributed by atoms with van der Waals surface area (Å²) < 4.78 is 5.49. The van der Waals surface area contributed by atoms with Gasteiger partial charge in [0.05, 0.1) is 0 Å². The van der Waals surface area contributed by atoms with Crippen molar-refractivity contribution in [1.29, 1.82) is 0 Å². The van der Waals surface area contributed by atoms with E-state index in [-0.39, 0.29) is 0 Å². The average Bonchev–Trinajstić information content (AvgIpc) is 2.40. The van der Waals surface area contributed by atoms with Gasteiger partial charge in [0.25, 0.3) is 0 Å². The van der Waals surface area contributed by atoms with Gasteiger partial charge in [-0.1, -0.05) is 0 Å². The zero-order valence-corrected chi connectivity index (χ0v) is 9.53. The Morgan fingerprint density at radius 1 is 1.08 bits per heavy atom. The molecule has 0 radical (unpaired) electrons. The van der Waals surface area contributed by atoms with E-state index in [4.69, 9.17) is 0 Å². The summed E-state index contributed by atoms with van der Waals surface area (Å²) in [4.78, 5) is 0. The summed E-state index contributed by atoms with van der Waals surface area (Å²) in [6.45, 7) is 0. The third kappa shape index (κ3) is 1.28. The number of rotatable bonds is 0. The van der Waals surface area contributed by atoms with Crippen molar-refractivity contribution in [3.8, 4) is 0 Å². The molecule has 0 saturated heterocycles. The molecule has 1 aromatic rings. The van der Waals surface area contributed by atoms with Gasteiger partial charge in [-0.05, 0) is 0 Å². The van der Waals surface area contributed by atoms with Crippen LogP contribution in [-0.4, -0.2) is 24.7 Å². The van der Waals surface area contributed by atoms with Crippen LogP contribution in [0.1, 0.15) is 17.8 Å². The fourth-order valence-corrected chi connectivity index (χ4v) is 2.02. The molecule has 1 aliphatic carbocycles. The maximum absolute atomic E-state index is 3.07. The zero-order valence-electron chi connectivity index (χ0n) is 7.82. The van der Waals surface area contributed by atoms with Crippen molar-refractivity contribution >= 4 is 27.7 Å². The minimum atomic E-state index is 1.03. The van der Waals surface area contributed by atoms with Gasteiger partial charge in [0, 0.05) is 0 Å². The van der Waals surface area contributed by atoms with Crippen molar-refractivity contribution in [2.24, 2.45) is 14.1 Å². The molecular weight excluding hydrogens is 227 g/mol. The molecule has 1 aromatic heterocycles. The van der Waals surface area contributed by atoms with Crippen molar-refractivity contribution in [2.75, 3.05) is 0 Å². The summed E-state index contributed by atoms with van der Waals surface area (Å²) in [6.07, 6.45) is 9.74. The number of fused-ring (bicyclic) bond motifs is 1. The van der Waals surface area contributed by atoms with E-state index >= 15 is 0 Å². The topological polar surface area (TPSA) is 9.86 Å². The summed E-state index contributed by atoms with van der Waals surface area (Å²) in [5, 5.41) is 0.